The van der Waals surface area contributed by atoms with Crippen LogP contribution in [0.15, 0.2) is 53.3 Å². The van der Waals surface area contributed by atoms with Gasteiger partial charge in [0, 0.05) is 17.3 Å². The third-order valence-electron chi connectivity index (χ3n) is 4.87. The Morgan fingerprint density at radius 1 is 1.32 bits per heavy atom. The molecule has 3 heterocycles. The van der Waals surface area contributed by atoms with Crippen LogP contribution in [0.25, 0.3) is 17.0 Å². The second kappa shape index (κ2) is 6.26. The number of carbonyl (C=O) groups excluding carboxylic acids is 1. The van der Waals surface area contributed by atoms with E-state index in [1.807, 2.05) is 43.5 Å². The molecule has 28 heavy (non-hydrogen) atoms. The standard InChI is InChI=1S/C20H16FN5O2/c1-11-5-6-12(18-24-20(28-25-18)14-9-15(14)21)8-13(11)19(27)23-17-10-22-16-4-2-3-7-26(16)17/h2-8,10,14-15H,9H2,1H3,(H,23,27)/t14-,15-/m0/s1. The lowest BCUT2D eigenvalue weighted by molar-refractivity contribution is 0.102. The number of halogens is 1. The van der Waals surface area contributed by atoms with Gasteiger partial charge in [0.2, 0.25) is 11.7 Å². The number of imidazole rings is 1. The van der Waals surface area contributed by atoms with Crippen molar-refractivity contribution in [2.24, 2.45) is 0 Å². The zero-order valence-corrected chi connectivity index (χ0v) is 15.0. The van der Waals surface area contributed by atoms with Crippen molar-refractivity contribution in [3.8, 4) is 11.4 Å². The van der Waals surface area contributed by atoms with Crippen LogP contribution < -0.4 is 5.32 Å². The number of aryl methyl sites for hydroxylation is 1. The molecule has 140 valence electrons. The summed E-state index contributed by atoms with van der Waals surface area (Å²) in [6, 6.07) is 11.0. The van der Waals surface area contributed by atoms with Gasteiger partial charge in [0.15, 0.2) is 0 Å². The zero-order chi connectivity index (χ0) is 19.3. The molecule has 0 saturated heterocycles. The molecule has 1 aliphatic carbocycles. The fourth-order valence-electron chi connectivity index (χ4n) is 3.14. The first-order valence-corrected chi connectivity index (χ1v) is 8.92. The molecule has 0 radical (unpaired) electrons. The Hall–Kier alpha value is -3.55. The number of benzene rings is 1. The molecular formula is C20H16FN5O2. The summed E-state index contributed by atoms with van der Waals surface area (Å²) >= 11 is 0. The molecule has 2 atom stereocenters. The third-order valence-corrected chi connectivity index (χ3v) is 4.87. The van der Waals surface area contributed by atoms with Gasteiger partial charge in [0.1, 0.15) is 17.6 Å². The fraction of sp³-hybridized carbons (Fsp3) is 0.200. The van der Waals surface area contributed by atoms with Crippen LogP contribution in [0.5, 0.6) is 0 Å². The van der Waals surface area contributed by atoms with Crippen molar-refractivity contribution in [2.45, 2.75) is 25.4 Å². The average Bonchev–Trinajstić information content (AvgIpc) is 3.09. The van der Waals surface area contributed by atoms with Crippen molar-refractivity contribution in [1.29, 1.82) is 0 Å². The van der Waals surface area contributed by atoms with Gasteiger partial charge in [0.05, 0.1) is 12.1 Å². The van der Waals surface area contributed by atoms with Crippen LogP contribution in [0.4, 0.5) is 10.2 Å². The summed E-state index contributed by atoms with van der Waals surface area (Å²) in [5, 5.41) is 6.82. The van der Waals surface area contributed by atoms with Crippen molar-refractivity contribution in [3.05, 3.63) is 65.8 Å². The number of anilines is 1. The number of alkyl halides is 1. The molecule has 5 rings (SSSR count). The van der Waals surface area contributed by atoms with E-state index in [1.165, 1.54) is 0 Å². The zero-order valence-electron chi connectivity index (χ0n) is 15.0. The van der Waals surface area contributed by atoms with Crippen molar-refractivity contribution >= 4 is 17.4 Å². The number of hydrogen-bond donors (Lipinski definition) is 1. The van der Waals surface area contributed by atoms with Gasteiger partial charge in [-0.15, -0.1) is 0 Å². The normalized spacial score (nSPS) is 18.4. The Bertz CT molecular complexity index is 1200. The van der Waals surface area contributed by atoms with Gasteiger partial charge < -0.3 is 9.84 Å². The summed E-state index contributed by atoms with van der Waals surface area (Å²) in [5.74, 6) is 0.664. The quantitative estimate of drug-likeness (QED) is 0.585. The molecule has 3 aromatic heterocycles. The molecule has 1 N–H and O–H groups in total. The van der Waals surface area contributed by atoms with Crippen LogP contribution in [0, 0.1) is 6.92 Å². The lowest BCUT2D eigenvalue weighted by Gasteiger charge is -2.08. The summed E-state index contributed by atoms with van der Waals surface area (Å²) in [4.78, 5) is 21.4. The third kappa shape index (κ3) is 2.83. The number of fused-ring (bicyclic) bond motifs is 1. The molecular weight excluding hydrogens is 361 g/mol. The summed E-state index contributed by atoms with van der Waals surface area (Å²) in [6.07, 6.45) is 2.96. The fourth-order valence-corrected chi connectivity index (χ4v) is 3.14. The van der Waals surface area contributed by atoms with Gasteiger partial charge in [-0.05, 0) is 37.1 Å². The van der Waals surface area contributed by atoms with Crippen molar-refractivity contribution in [3.63, 3.8) is 0 Å². The van der Waals surface area contributed by atoms with Crippen LogP contribution in [0.3, 0.4) is 0 Å². The van der Waals surface area contributed by atoms with E-state index in [-0.39, 0.29) is 11.8 Å². The number of carbonyl (C=O) groups is 1. The van der Waals surface area contributed by atoms with Crippen molar-refractivity contribution in [1.82, 2.24) is 19.5 Å². The highest BCUT2D eigenvalue weighted by Gasteiger charge is 2.43. The summed E-state index contributed by atoms with van der Waals surface area (Å²) in [7, 11) is 0. The summed E-state index contributed by atoms with van der Waals surface area (Å²) in [6.45, 7) is 1.85. The Kier molecular flexibility index (Phi) is 3.71. The highest BCUT2D eigenvalue weighted by Crippen LogP contribution is 2.43. The largest absolute Gasteiger partial charge is 0.339 e. The number of pyridine rings is 1. The number of nitrogens with one attached hydrogen (secondary N) is 1. The number of amides is 1. The lowest BCUT2D eigenvalue weighted by atomic mass is 10.0. The molecule has 1 amide bonds. The number of rotatable bonds is 4. The second-order valence-corrected chi connectivity index (χ2v) is 6.87. The Balaban J connectivity index is 1.44. The van der Waals surface area contributed by atoms with E-state index in [2.05, 4.69) is 20.4 Å². The SMILES string of the molecule is Cc1ccc(-c2noc([C@H]3C[C@@H]3F)n2)cc1C(=O)Nc1cnc2ccccn12. The molecule has 0 bridgehead atoms. The van der Waals surface area contributed by atoms with E-state index in [1.54, 1.807) is 16.7 Å². The van der Waals surface area contributed by atoms with Gasteiger partial charge in [-0.2, -0.15) is 4.98 Å². The number of hydrogen-bond acceptors (Lipinski definition) is 5. The molecule has 1 saturated carbocycles. The molecule has 1 aliphatic rings. The van der Waals surface area contributed by atoms with Crippen molar-refractivity contribution < 1.29 is 13.7 Å². The molecule has 0 unspecified atom stereocenters. The first kappa shape index (κ1) is 16.6. The maximum Gasteiger partial charge on any atom is 0.257 e. The average molecular weight is 377 g/mol. The Labute approximate surface area is 159 Å². The Morgan fingerprint density at radius 2 is 2.18 bits per heavy atom. The molecule has 0 spiro atoms. The maximum atomic E-state index is 13.2. The predicted molar refractivity (Wildman–Crippen MR) is 99.9 cm³/mol. The summed E-state index contributed by atoms with van der Waals surface area (Å²) in [5.41, 5.74) is 2.68. The van der Waals surface area contributed by atoms with Crippen LogP contribution in [-0.2, 0) is 0 Å². The second-order valence-electron chi connectivity index (χ2n) is 6.87. The van der Waals surface area contributed by atoms with E-state index in [0.29, 0.717) is 35.1 Å². The van der Waals surface area contributed by atoms with E-state index >= 15 is 0 Å². The minimum Gasteiger partial charge on any atom is -0.339 e. The lowest BCUT2D eigenvalue weighted by Crippen LogP contribution is -2.14. The smallest absolute Gasteiger partial charge is 0.257 e. The van der Waals surface area contributed by atoms with Gasteiger partial charge in [-0.3, -0.25) is 9.20 Å². The first-order valence-electron chi connectivity index (χ1n) is 8.92. The molecule has 8 heteroatoms. The van der Waals surface area contributed by atoms with Crippen LogP contribution >= 0.6 is 0 Å². The van der Waals surface area contributed by atoms with Gasteiger partial charge >= 0.3 is 0 Å². The van der Waals surface area contributed by atoms with Crippen LogP contribution in [0.1, 0.15) is 34.2 Å². The maximum absolute atomic E-state index is 13.2. The molecule has 4 aromatic rings. The van der Waals surface area contributed by atoms with E-state index in [0.717, 1.165) is 11.2 Å². The highest BCUT2D eigenvalue weighted by atomic mass is 19.1. The van der Waals surface area contributed by atoms with Gasteiger partial charge in [-0.25, -0.2) is 9.37 Å². The predicted octanol–water partition coefficient (Wildman–Crippen LogP) is 3.77. The molecule has 7 nitrogen and oxygen atoms in total. The molecule has 1 aromatic carbocycles. The molecule has 0 aliphatic heterocycles. The van der Waals surface area contributed by atoms with Crippen LogP contribution in [-0.4, -0.2) is 31.6 Å². The highest BCUT2D eigenvalue weighted by molar-refractivity contribution is 6.05. The van der Waals surface area contributed by atoms with Gasteiger partial charge in [-0.1, -0.05) is 23.4 Å². The van der Waals surface area contributed by atoms with E-state index in [4.69, 9.17) is 4.52 Å². The minimum absolute atomic E-state index is 0.264. The topological polar surface area (TPSA) is 85.3 Å². The van der Waals surface area contributed by atoms with Crippen molar-refractivity contribution in [2.75, 3.05) is 5.32 Å². The monoisotopic (exact) mass is 377 g/mol. The van der Waals surface area contributed by atoms with Gasteiger partial charge in [0.25, 0.3) is 5.91 Å². The van der Waals surface area contributed by atoms with E-state index in [9.17, 15) is 9.18 Å². The number of aromatic nitrogens is 4. The molecule has 1 fully saturated rings. The number of nitrogens with zero attached hydrogens (tertiary/aromatic N) is 4. The van der Waals surface area contributed by atoms with Crippen LogP contribution in [0.2, 0.25) is 0 Å². The summed E-state index contributed by atoms with van der Waals surface area (Å²) < 4.78 is 20.2. The van der Waals surface area contributed by atoms with E-state index < -0.39 is 6.17 Å². The Morgan fingerprint density at radius 3 is 3.00 bits per heavy atom. The minimum atomic E-state index is -0.905. The first-order chi connectivity index (χ1) is 13.6.